The molecule has 1 fully saturated rings. The van der Waals surface area contributed by atoms with Crippen molar-refractivity contribution in [2.24, 2.45) is 21.1 Å². The molecule has 137 heavy (non-hydrogen) atoms. The minimum atomic E-state index is -4.45. The summed E-state index contributed by atoms with van der Waals surface area (Å²) < 4.78 is 53.4. The highest BCUT2D eigenvalue weighted by atomic mass is 35.5. The van der Waals surface area contributed by atoms with Crippen LogP contribution < -0.4 is 0 Å². The quantitative estimate of drug-likeness (QED) is 0.0868. The van der Waals surface area contributed by atoms with E-state index in [1.807, 2.05) is 297 Å². The molecule has 1 aliphatic rings. The molecule has 0 bridgehead atoms. The Morgan fingerprint density at radius 1 is 0.314 bits per heavy atom. The van der Waals surface area contributed by atoms with Crippen LogP contribution in [-0.2, 0) is 45.1 Å². The first-order valence-corrected chi connectivity index (χ1v) is 45.8. The summed E-state index contributed by atoms with van der Waals surface area (Å²) in [6.45, 7) is 9.73. The number of nitrogens with zero attached hydrogens (tertiary/aromatic N) is 21. The summed E-state index contributed by atoms with van der Waals surface area (Å²) in [6, 6.07) is 100. The molecular formula is C107H83Cl5F3N21O. The average molecular weight is 1910 g/mol. The summed E-state index contributed by atoms with van der Waals surface area (Å²) in [6.07, 6.45) is -3.64. The van der Waals surface area contributed by atoms with Crippen molar-refractivity contribution >= 4 is 113 Å². The van der Waals surface area contributed by atoms with Crippen molar-refractivity contribution in [3.63, 3.8) is 0 Å². The van der Waals surface area contributed by atoms with Gasteiger partial charge in [0.05, 0.1) is 83.9 Å². The van der Waals surface area contributed by atoms with Gasteiger partial charge in [0, 0.05) is 108 Å². The first-order valence-electron chi connectivity index (χ1n) is 43.9. The van der Waals surface area contributed by atoms with E-state index < -0.39 is 11.7 Å². The van der Waals surface area contributed by atoms with Gasteiger partial charge in [-0.2, -0.15) is 38.7 Å². The van der Waals surface area contributed by atoms with E-state index in [0.717, 1.165) is 163 Å². The van der Waals surface area contributed by atoms with Gasteiger partial charge in [-0.25, -0.2) is 23.4 Å². The van der Waals surface area contributed by atoms with E-state index in [4.69, 9.17) is 72.9 Å². The number of aromatic nitrogens is 20. The maximum absolute atomic E-state index is 13.0. The molecule has 22 nitrogen and oxygen atoms in total. The lowest BCUT2D eigenvalue weighted by molar-refractivity contribution is -0.137. The summed E-state index contributed by atoms with van der Waals surface area (Å²) >= 11 is 33.9. The monoisotopic (exact) mass is 1910 g/mol. The number of halogens is 8. The molecule has 0 aliphatic carbocycles. The minimum Gasteiger partial charge on any atom is -0.379 e. The molecule has 0 spiro atoms. The Bertz CT molecular complexity index is 7940. The molecule has 0 atom stereocenters. The van der Waals surface area contributed by atoms with Crippen molar-refractivity contribution in [3.8, 4) is 124 Å². The number of rotatable bonds is 15. The second kappa shape index (κ2) is 41.8. The zero-order valence-corrected chi connectivity index (χ0v) is 78.3. The number of hydrogen-bond donors (Lipinski definition) is 0. The Balaban J connectivity index is 0.000000114. The highest BCUT2D eigenvalue weighted by molar-refractivity contribution is 6.41. The van der Waals surface area contributed by atoms with Crippen molar-refractivity contribution < 1.29 is 17.9 Å². The van der Waals surface area contributed by atoms with Gasteiger partial charge in [0.25, 0.3) is 0 Å². The van der Waals surface area contributed by atoms with E-state index in [0.29, 0.717) is 88.7 Å². The summed E-state index contributed by atoms with van der Waals surface area (Å²) in [5.74, 6) is 6.27. The molecule has 0 amide bonds. The molecule has 22 rings (SSSR count). The maximum Gasteiger partial charge on any atom is 0.416 e. The van der Waals surface area contributed by atoms with Gasteiger partial charge in [0.15, 0.2) is 28.2 Å². The normalized spacial score (nSPS) is 12.0. The number of alkyl halides is 3. The maximum atomic E-state index is 13.0. The Labute approximate surface area is 811 Å². The Hall–Kier alpha value is -15.1. The highest BCUT2D eigenvalue weighted by Crippen LogP contribution is 2.45. The van der Waals surface area contributed by atoms with Gasteiger partial charge in [-0.3, -0.25) is 4.90 Å². The van der Waals surface area contributed by atoms with Crippen LogP contribution in [0.2, 0.25) is 25.1 Å². The Morgan fingerprint density at radius 2 is 0.613 bits per heavy atom. The molecule has 1 aliphatic heterocycles. The van der Waals surface area contributed by atoms with Gasteiger partial charge in [0.1, 0.15) is 56.9 Å². The van der Waals surface area contributed by atoms with Gasteiger partial charge in [-0.15, -0.1) is 51.0 Å². The topological polar surface area (TPSA) is 230 Å². The van der Waals surface area contributed by atoms with Crippen LogP contribution in [0.15, 0.2) is 315 Å². The van der Waals surface area contributed by atoms with Crippen LogP contribution in [0.5, 0.6) is 0 Å². The van der Waals surface area contributed by atoms with Crippen LogP contribution in [0.25, 0.3) is 168 Å². The number of benzene rings is 11. The average Bonchev–Trinajstić information content (AvgIpc) is 1.64. The van der Waals surface area contributed by atoms with Crippen LogP contribution >= 0.6 is 58.0 Å². The minimum absolute atomic E-state index is 0.181. The molecule has 11 heterocycles. The molecule has 10 aromatic heterocycles. The van der Waals surface area contributed by atoms with Gasteiger partial charge >= 0.3 is 6.18 Å². The molecule has 0 N–H and O–H groups in total. The van der Waals surface area contributed by atoms with Gasteiger partial charge in [-0.05, 0) is 42.8 Å². The summed E-state index contributed by atoms with van der Waals surface area (Å²) in [4.78, 5) is 2.38. The molecule has 0 saturated carbocycles. The number of fused-ring (bicyclic) bond motifs is 5. The third-order valence-electron chi connectivity index (χ3n) is 22.8. The molecule has 21 aromatic rings. The predicted octanol–water partition coefficient (Wildman–Crippen LogP) is 25.1. The van der Waals surface area contributed by atoms with Crippen molar-refractivity contribution in [2.45, 2.75) is 39.5 Å². The number of ether oxygens (including phenoxy) is 1. The predicted molar refractivity (Wildman–Crippen MR) is 539 cm³/mol. The van der Waals surface area contributed by atoms with Crippen LogP contribution in [0, 0.1) is 18.8 Å². The molecule has 1 saturated heterocycles. The van der Waals surface area contributed by atoms with E-state index in [2.05, 4.69) is 114 Å². The third kappa shape index (κ3) is 20.2. The number of aryl methyl sites for hydroxylation is 4. The standard InChI is InChI=1S/C24H17ClN4.C23H22ClN5O.C22H17ClN4.C19H12ClF3N4.C19H15ClN4/c25-21-20-22(18-12-6-2-7-13-18)28-29(16-17-10-4-1-5-11-17)24(20)27-26-23(21)19-14-8-3-9-15-19;24-20-19-21(17-7-3-1-4-8-17)27-29(12-11-28-13-15-30-16-14-28)23(19)26-25-22(20)18-9-5-2-6-10-18;1-3-4-9-15-10-8-13-17(14-15)20-18-19(23)21(16-11-6-5-7-12-16)24-25-22(18)27(2)26-20;1-27-18-14(16(26-27)11-6-3-2-4-7-11)15(20)17(24-25-18)12-8-5-9-13(10-12)19(21,22)23;1-12-7-6-10-14(11-12)17-15-16(20)18(13-8-4-3-5-9-13)21-22-19(15)24(2)23-17/h1-15H,16H2;1-10H,11-16H2;5-8,10-14H,3H2,1-2H3;2-10H,1H3;3-11H,1-2H3. The second-order valence-electron chi connectivity index (χ2n) is 32.0. The summed E-state index contributed by atoms with van der Waals surface area (Å²) in [7, 11) is 5.42. The van der Waals surface area contributed by atoms with E-state index in [-0.39, 0.29) is 16.3 Å². The van der Waals surface area contributed by atoms with E-state index in [1.165, 1.54) is 17.7 Å². The fourth-order valence-corrected chi connectivity index (χ4v) is 17.7. The largest absolute Gasteiger partial charge is 0.416 e. The van der Waals surface area contributed by atoms with E-state index in [9.17, 15) is 13.2 Å². The lowest BCUT2D eigenvalue weighted by Crippen LogP contribution is -2.38. The van der Waals surface area contributed by atoms with Crippen LogP contribution in [0.3, 0.4) is 0 Å². The zero-order valence-electron chi connectivity index (χ0n) is 74.5. The van der Waals surface area contributed by atoms with Crippen LogP contribution in [0.4, 0.5) is 13.2 Å². The molecule has 0 radical (unpaired) electrons. The SMILES string of the molecule is CCC#Cc1cccc(-c2nn(C)c3nnc(-c4ccccc4)c(Cl)c23)c1.Cc1cccc(-c2nn(C)c3nnc(-c4ccccc4)c(Cl)c23)c1.Clc1c(-c2ccccc2)nnc2c1c(-c1ccccc1)nn2CCN1CCOCC1.Clc1c(-c2ccccc2)nnc2c1c(-c1ccccc1)nn2Cc1ccccc1.Cn1nc(-c2ccccc2)c2c(Cl)c(-c3cccc(C(F)(F)F)c3)nnc21. The van der Waals surface area contributed by atoms with Gasteiger partial charge in [-0.1, -0.05) is 367 Å². The van der Waals surface area contributed by atoms with Crippen molar-refractivity contribution in [1.29, 1.82) is 0 Å². The van der Waals surface area contributed by atoms with Crippen molar-refractivity contribution in [2.75, 3.05) is 32.8 Å². The lowest BCUT2D eigenvalue weighted by atomic mass is 10.0. The molecule has 0 unspecified atom stereocenters. The highest BCUT2D eigenvalue weighted by Gasteiger charge is 2.32. The second-order valence-corrected chi connectivity index (χ2v) is 33.9. The van der Waals surface area contributed by atoms with E-state index in [1.54, 1.807) is 21.1 Å². The number of hydrogen-bond acceptors (Lipinski definition) is 17. The third-order valence-corrected chi connectivity index (χ3v) is 24.6. The van der Waals surface area contributed by atoms with E-state index >= 15 is 0 Å². The molecule has 11 aromatic carbocycles. The van der Waals surface area contributed by atoms with Crippen LogP contribution in [0.1, 0.15) is 35.6 Å². The summed E-state index contributed by atoms with van der Waals surface area (Å²) in [5, 5.41) is 73.5. The fraction of sp³-hybridized carbons (Fsp3) is 0.131. The first-order chi connectivity index (χ1) is 66.8. The molecule has 30 heteroatoms. The number of morpholine rings is 1. The van der Waals surface area contributed by atoms with Gasteiger partial charge in [0.2, 0.25) is 0 Å². The lowest BCUT2D eigenvalue weighted by Gasteiger charge is -2.26. The van der Waals surface area contributed by atoms with Crippen molar-refractivity contribution in [3.05, 3.63) is 363 Å². The smallest absolute Gasteiger partial charge is 0.379 e. The van der Waals surface area contributed by atoms with Crippen LogP contribution in [-0.4, -0.2) is 138 Å². The Morgan fingerprint density at radius 3 is 0.993 bits per heavy atom. The molecular weight excluding hydrogens is 1830 g/mol. The zero-order chi connectivity index (χ0) is 94.6. The van der Waals surface area contributed by atoms with Crippen molar-refractivity contribution in [1.82, 2.24) is 105 Å². The van der Waals surface area contributed by atoms with Gasteiger partial charge < -0.3 is 4.74 Å². The fourth-order valence-electron chi connectivity index (χ4n) is 16.1. The Kier molecular flexibility index (Phi) is 28.2. The first kappa shape index (κ1) is 92.3. The summed E-state index contributed by atoms with van der Waals surface area (Å²) in [5.41, 5.74) is 21.2. The molecule has 678 valence electrons.